The fraction of sp³-hybridized carbons (Fsp3) is 1.00. The fourth-order valence-corrected chi connectivity index (χ4v) is 2.18. The molecule has 12 nitrogen and oxygen atoms in total. The molecule has 2 aliphatic heterocycles. The summed E-state index contributed by atoms with van der Waals surface area (Å²) in [5.74, 6) is -4.33. The van der Waals surface area contributed by atoms with Crippen LogP contribution in [0.2, 0.25) is 0 Å². The Balaban J connectivity index is 0.000000240. The largest absolute Gasteiger partial charge is 0.394 e. The van der Waals surface area contributed by atoms with Crippen molar-refractivity contribution in [2.45, 2.75) is 48.2 Å². The highest BCUT2D eigenvalue weighted by Crippen LogP contribution is 2.28. The zero-order valence-electron chi connectivity index (χ0n) is 12.6. The van der Waals surface area contributed by atoms with Crippen LogP contribution in [0.25, 0.3) is 0 Å². The van der Waals surface area contributed by atoms with Gasteiger partial charge in [0.05, 0.1) is 26.4 Å². The molecule has 0 amide bonds. The zero-order valence-corrected chi connectivity index (χ0v) is 12.6. The van der Waals surface area contributed by atoms with Crippen LogP contribution in [-0.4, -0.2) is 126 Å². The molecule has 0 aromatic heterocycles. The lowest BCUT2D eigenvalue weighted by Gasteiger charge is -2.40. The monoisotopic (exact) mass is 360 g/mol. The molecular formula is C12H24O12. The normalized spacial score (nSPS) is 48.8. The molecule has 0 aromatic rings. The van der Waals surface area contributed by atoms with Gasteiger partial charge >= 0.3 is 0 Å². The van der Waals surface area contributed by atoms with Crippen LogP contribution in [0.1, 0.15) is 0 Å². The Morgan fingerprint density at radius 2 is 1.29 bits per heavy atom. The van der Waals surface area contributed by atoms with Crippen molar-refractivity contribution in [1.29, 1.82) is 0 Å². The van der Waals surface area contributed by atoms with E-state index in [9.17, 15) is 10.2 Å². The third kappa shape index (κ3) is 4.19. The van der Waals surface area contributed by atoms with Gasteiger partial charge < -0.3 is 60.5 Å². The van der Waals surface area contributed by atoms with Crippen molar-refractivity contribution in [3.05, 3.63) is 0 Å². The number of hydrogen-bond acceptors (Lipinski definition) is 12. The summed E-state index contributed by atoms with van der Waals surface area (Å²) >= 11 is 0. The molecule has 2 fully saturated rings. The lowest BCUT2D eigenvalue weighted by molar-refractivity contribution is -0.331. The van der Waals surface area contributed by atoms with E-state index in [0.717, 1.165) is 0 Å². The maximum Gasteiger partial charge on any atom is 0.219 e. The smallest absolute Gasteiger partial charge is 0.219 e. The van der Waals surface area contributed by atoms with E-state index in [4.69, 9.17) is 40.9 Å². The van der Waals surface area contributed by atoms with Crippen molar-refractivity contribution in [2.75, 3.05) is 26.4 Å². The summed E-state index contributed by atoms with van der Waals surface area (Å²) in [6.07, 6.45) is -8.49. The first-order chi connectivity index (χ1) is 11.1. The van der Waals surface area contributed by atoms with Gasteiger partial charge in [-0.15, -0.1) is 0 Å². The standard InChI is InChI=1S/2C6H12O6/c7-2-6(11)5(10)4(9)3(8)1-12-6;7-1-3-4(9)5(10)6(11,2-8)12-3/h2*3-5,7-11H,1-2H2/t3-,4-,5+,6+;3-,4-,5+,6-/m11/s1. The lowest BCUT2D eigenvalue weighted by atomic mass is 9.98. The van der Waals surface area contributed by atoms with Crippen LogP contribution >= 0.6 is 0 Å². The van der Waals surface area contributed by atoms with Crippen LogP contribution in [0, 0.1) is 0 Å². The van der Waals surface area contributed by atoms with E-state index in [1.807, 2.05) is 0 Å². The molecule has 144 valence electrons. The summed E-state index contributed by atoms with van der Waals surface area (Å²) in [5, 5.41) is 89.7. The second kappa shape index (κ2) is 8.27. The Morgan fingerprint density at radius 1 is 0.792 bits per heavy atom. The van der Waals surface area contributed by atoms with Crippen LogP contribution in [-0.2, 0) is 9.47 Å². The molecule has 12 heteroatoms. The molecule has 0 unspecified atom stereocenters. The molecule has 2 rings (SSSR count). The van der Waals surface area contributed by atoms with Gasteiger partial charge in [-0.3, -0.25) is 0 Å². The third-order valence-electron chi connectivity index (χ3n) is 3.84. The first kappa shape index (κ1) is 21.6. The topological polar surface area (TPSA) is 221 Å². The number of hydrogen-bond donors (Lipinski definition) is 10. The van der Waals surface area contributed by atoms with Gasteiger partial charge in [0.25, 0.3) is 0 Å². The number of rotatable bonds is 3. The first-order valence-corrected chi connectivity index (χ1v) is 7.05. The maximum absolute atomic E-state index is 9.25. The van der Waals surface area contributed by atoms with Crippen molar-refractivity contribution >= 4 is 0 Å². The molecule has 0 radical (unpaired) electrons. The number of ether oxygens (including phenoxy) is 2. The Morgan fingerprint density at radius 3 is 1.67 bits per heavy atom. The van der Waals surface area contributed by atoms with Crippen LogP contribution < -0.4 is 0 Å². The van der Waals surface area contributed by atoms with Crippen LogP contribution in [0.4, 0.5) is 0 Å². The van der Waals surface area contributed by atoms with Gasteiger partial charge in [0, 0.05) is 0 Å². The summed E-state index contributed by atoms with van der Waals surface area (Å²) in [7, 11) is 0. The van der Waals surface area contributed by atoms with Crippen LogP contribution in [0.3, 0.4) is 0 Å². The number of aliphatic hydroxyl groups is 10. The maximum atomic E-state index is 9.25. The Labute approximate surface area is 136 Å². The molecular weight excluding hydrogens is 336 g/mol. The van der Waals surface area contributed by atoms with E-state index in [-0.39, 0.29) is 6.61 Å². The first-order valence-electron chi connectivity index (χ1n) is 7.05. The third-order valence-corrected chi connectivity index (χ3v) is 3.84. The van der Waals surface area contributed by atoms with Crippen LogP contribution in [0.15, 0.2) is 0 Å². The molecule has 2 heterocycles. The molecule has 0 spiro atoms. The highest BCUT2D eigenvalue weighted by Gasteiger charge is 2.52. The minimum atomic E-state index is -2.17. The molecule has 10 N–H and O–H groups in total. The molecule has 0 aromatic carbocycles. The van der Waals surface area contributed by atoms with Gasteiger partial charge in [0.1, 0.15) is 36.6 Å². The van der Waals surface area contributed by atoms with E-state index in [2.05, 4.69) is 9.47 Å². The minimum Gasteiger partial charge on any atom is -0.394 e. The highest BCUT2D eigenvalue weighted by atomic mass is 16.7. The van der Waals surface area contributed by atoms with Gasteiger partial charge in [-0.25, -0.2) is 0 Å². The highest BCUT2D eigenvalue weighted by molar-refractivity contribution is 4.94. The summed E-state index contributed by atoms with van der Waals surface area (Å²) < 4.78 is 9.18. The predicted octanol–water partition coefficient (Wildman–Crippen LogP) is -6.44. The number of aliphatic hydroxyl groups excluding tert-OH is 8. The minimum absolute atomic E-state index is 0.324. The lowest BCUT2D eigenvalue weighted by Crippen LogP contribution is -2.62. The quantitative estimate of drug-likeness (QED) is 0.227. The molecule has 2 saturated heterocycles. The second-order valence-corrected chi connectivity index (χ2v) is 5.59. The predicted molar refractivity (Wildman–Crippen MR) is 72.0 cm³/mol. The average molecular weight is 360 g/mol. The van der Waals surface area contributed by atoms with Gasteiger partial charge in [-0.2, -0.15) is 0 Å². The van der Waals surface area contributed by atoms with Crippen molar-refractivity contribution < 1.29 is 60.5 Å². The van der Waals surface area contributed by atoms with Gasteiger partial charge in [0.15, 0.2) is 0 Å². The second-order valence-electron chi connectivity index (χ2n) is 5.59. The zero-order chi connectivity index (χ0) is 18.7. The van der Waals surface area contributed by atoms with Crippen molar-refractivity contribution in [3.63, 3.8) is 0 Å². The molecule has 0 aliphatic carbocycles. The summed E-state index contributed by atoms with van der Waals surface area (Å²) in [4.78, 5) is 0. The molecule has 2 aliphatic rings. The molecule has 24 heavy (non-hydrogen) atoms. The van der Waals surface area contributed by atoms with Gasteiger partial charge in [-0.1, -0.05) is 0 Å². The van der Waals surface area contributed by atoms with E-state index in [1.54, 1.807) is 0 Å². The summed E-state index contributed by atoms with van der Waals surface area (Å²) in [6.45, 7) is -2.52. The van der Waals surface area contributed by atoms with Gasteiger partial charge in [0.2, 0.25) is 11.6 Å². The van der Waals surface area contributed by atoms with Crippen molar-refractivity contribution in [2.24, 2.45) is 0 Å². The van der Waals surface area contributed by atoms with Crippen molar-refractivity contribution in [3.8, 4) is 0 Å². The van der Waals surface area contributed by atoms with Crippen molar-refractivity contribution in [1.82, 2.24) is 0 Å². The van der Waals surface area contributed by atoms with E-state index in [0.29, 0.717) is 0 Å². The summed E-state index contributed by atoms with van der Waals surface area (Å²) in [5.41, 5.74) is 0. The van der Waals surface area contributed by atoms with E-state index >= 15 is 0 Å². The molecule has 0 bridgehead atoms. The average Bonchev–Trinajstić information content (AvgIpc) is 2.81. The van der Waals surface area contributed by atoms with Crippen LogP contribution in [0.5, 0.6) is 0 Å². The SMILES string of the molecule is OC[C@H]1O[C@](O)(CO)[C@@H](O)[C@@H]1O.OC[C@]1(O)OC[C@@H](O)[C@@H](O)[C@@H]1O. The fourth-order valence-electron chi connectivity index (χ4n) is 2.18. The Hall–Kier alpha value is -0.480. The van der Waals surface area contributed by atoms with E-state index in [1.165, 1.54) is 0 Å². The summed E-state index contributed by atoms with van der Waals surface area (Å²) in [6, 6.07) is 0. The molecule has 0 saturated carbocycles. The van der Waals surface area contributed by atoms with Gasteiger partial charge in [-0.05, 0) is 0 Å². The Kier molecular flexibility index (Phi) is 7.43. The molecule has 8 atom stereocenters. The Bertz CT molecular complexity index is 392. The van der Waals surface area contributed by atoms with E-state index < -0.39 is 68.0 Å².